The van der Waals surface area contributed by atoms with Crippen molar-refractivity contribution in [3.63, 3.8) is 0 Å². The molecule has 0 aliphatic rings. The van der Waals surface area contributed by atoms with Gasteiger partial charge in [-0.15, -0.1) is 11.7 Å². The number of hydrogen-bond acceptors (Lipinski definition) is 3. The minimum Gasteiger partial charge on any atom is -0.247 e. The molecule has 1 aromatic rings. The average Bonchev–Trinajstić information content (AvgIpc) is 2.45. The van der Waals surface area contributed by atoms with Crippen molar-refractivity contribution >= 4 is 5.97 Å². The zero-order valence-corrected chi connectivity index (χ0v) is 7.46. The SMILES string of the molecule is C=CCc1c(C(=O)OF)nn(F)c1C. The van der Waals surface area contributed by atoms with Crippen LogP contribution in [0, 0.1) is 6.92 Å². The number of carbonyl (C=O) groups is 1. The van der Waals surface area contributed by atoms with Gasteiger partial charge in [-0.2, -0.15) is 0 Å². The molecular weight excluding hydrogens is 194 g/mol. The Morgan fingerprint density at radius 1 is 1.79 bits per heavy atom. The summed E-state index contributed by atoms with van der Waals surface area (Å²) in [5, 5.41) is 3.19. The fraction of sp³-hybridized carbons (Fsp3) is 0.250. The van der Waals surface area contributed by atoms with Crippen molar-refractivity contribution in [1.29, 1.82) is 0 Å². The highest BCUT2D eigenvalue weighted by Crippen LogP contribution is 2.16. The third-order valence-corrected chi connectivity index (χ3v) is 1.80. The van der Waals surface area contributed by atoms with Gasteiger partial charge in [0.05, 0.1) is 5.69 Å². The molecule has 0 aromatic carbocycles. The molecule has 0 N–H and O–H groups in total. The Labute approximate surface area is 78.6 Å². The van der Waals surface area contributed by atoms with Crippen molar-refractivity contribution in [2.45, 2.75) is 13.3 Å². The van der Waals surface area contributed by atoms with Crippen LogP contribution in [0.2, 0.25) is 0 Å². The first-order valence-electron chi connectivity index (χ1n) is 3.80. The van der Waals surface area contributed by atoms with Crippen molar-refractivity contribution in [3.8, 4) is 0 Å². The predicted molar refractivity (Wildman–Crippen MR) is 43.9 cm³/mol. The number of rotatable bonds is 3. The largest absolute Gasteiger partial charge is 0.400 e. The summed E-state index contributed by atoms with van der Waals surface area (Å²) in [4.78, 5) is 13.8. The number of allylic oxidation sites excluding steroid dienone is 1. The van der Waals surface area contributed by atoms with E-state index >= 15 is 0 Å². The van der Waals surface area contributed by atoms with Crippen LogP contribution in [0.4, 0.5) is 9.01 Å². The van der Waals surface area contributed by atoms with Crippen molar-refractivity contribution in [2.24, 2.45) is 0 Å². The second-order valence-electron chi connectivity index (χ2n) is 2.63. The standard InChI is InChI=1S/C8H8F2N2O2/c1-3-4-6-5(2)12(9)11-7(6)8(13)14-10/h3H,1,4H2,2H3. The molecule has 0 amide bonds. The van der Waals surface area contributed by atoms with Crippen LogP contribution in [0.25, 0.3) is 0 Å². The smallest absolute Gasteiger partial charge is 0.247 e. The van der Waals surface area contributed by atoms with Gasteiger partial charge in [0.2, 0.25) is 0 Å². The molecule has 0 aliphatic heterocycles. The number of hydrogen-bond donors (Lipinski definition) is 0. The fourth-order valence-corrected chi connectivity index (χ4v) is 1.10. The topological polar surface area (TPSA) is 44.1 Å². The zero-order chi connectivity index (χ0) is 10.7. The summed E-state index contributed by atoms with van der Waals surface area (Å²) >= 11 is 0. The second kappa shape index (κ2) is 3.99. The Balaban J connectivity index is 3.21. The maximum absolute atomic E-state index is 12.9. The summed E-state index contributed by atoms with van der Waals surface area (Å²) < 4.78 is 24.4. The molecule has 0 atom stereocenters. The van der Waals surface area contributed by atoms with E-state index in [0.29, 0.717) is 0 Å². The zero-order valence-electron chi connectivity index (χ0n) is 7.46. The Morgan fingerprint density at radius 3 is 2.93 bits per heavy atom. The minimum atomic E-state index is -1.30. The third-order valence-electron chi connectivity index (χ3n) is 1.80. The van der Waals surface area contributed by atoms with Gasteiger partial charge in [-0.3, -0.25) is 0 Å². The molecule has 1 aromatic heterocycles. The first kappa shape index (κ1) is 10.4. The Kier molecular flexibility index (Phi) is 2.95. The highest BCUT2D eigenvalue weighted by atomic mass is 19.3. The molecule has 14 heavy (non-hydrogen) atoms. The molecule has 0 fully saturated rings. The molecule has 0 aliphatic carbocycles. The highest BCUT2D eigenvalue weighted by molar-refractivity contribution is 5.88. The summed E-state index contributed by atoms with van der Waals surface area (Å²) in [6.45, 7) is 4.84. The van der Waals surface area contributed by atoms with Crippen LogP contribution in [0.15, 0.2) is 12.7 Å². The fourth-order valence-electron chi connectivity index (χ4n) is 1.10. The van der Waals surface area contributed by atoms with E-state index in [1.54, 1.807) is 0 Å². The van der Waals surface area contributed by atoms with E-state index in [2.05, 4.69) is 16.6 Å². The van der Waals surface area contributed by atoms with Gasteiger partial charge < -0.3 is 0 Å². The molecule has 0 saturated carbocycles. The molecule has 1 heterocycles. The van der Waals surface area contributed by atoms with Crippen LogP contribution in [-0.2, 0) is 11.4 Å². The minimum absolute atomic E-state index is 0.00505. The summed E-state index contributed by atoms with van der Waals surface area (Å²) in [7, 11) is 0. The lowest BCUT2D eigenvalue weighted by atomic mass is 10.1. The van der Waals surface area contributed by atoms with Crippen molar-refractivity contribution in [1.82, 2.24) is 10.0 Å². The van der Waals surface area contributed by atoms with Crippen LogP contribution >= 0.6 is 0 Å². The van der Waals surface area contributed by atoms with Gasteiger partial charge in [-0.05, 0) is 13.3 Å². The summed E-state index contributed by atoms with van der Waals surface area (Å²) in [6, 6.07) is 0. The van der Waals surface area contributed by atoms with Crippen molar-refractivity contribution in [2.75, 3.05) is 0 Å². The lowest BCUT2D eigenvalue weighted by molar-refractivity contribution is -0.0795. The van der Waals surface area contributed by atoms with Crippen LogP contribution < -0.4 is 0 Å². The van der Waals surface area contributed by atoms with Crippen LogP contribution in [0.1, 0.15) is 21.7 Å². The van der Waals surface area contributed by atoms with E-state index in [1.165, 1.54) is 13.0 Å². The van der Waals surface area contributed by atoms with E-state index in [9.17, 15) is 13.8 Å². The lowest BCUT2D eigenvalue weighted by Gasteiger charge is -1.95. The molecule has 0 unspecified atom stereocenters. The van der Waals surface area contributed by atoms with E-state index < -0.39 is 5.97 Å². The number of nitrogens with zero attached hydrogens (tertiary/aromatic N) is 2. The summed E-state index contributed by atoms with van der Waals surface area (Å²) in [5.74, 6) is -1.30. The molecule has 6 heteroatoms. The average molecular weight is 202 g/mol. The quantitative estimate of drug-likeness (QED) is 0.700. The molecule has 0 radical (unpaired) electrons. The van der Waals surface area contributed by atoms with Gasteiger partial charge in [-0.1, -0.05) is 15.5 Å². The van der Waals surface area contributed by atoms with Crippen LogP contribution in [-0.4, -0.2) is 16.0 Å². The van der Waals surface area contributed by atoms with Gasteiger partial charge in [-0.25, -0.2) is 9.74 Å². The molecule has 1 rings (SSSR count). The Hall–Kier alpha value is -1.72. The van der Waals surface area contributed by atoms with Crippen molar-refractivity contribution < 1.29 is 18.7 Å². The first-order valence-corrected chi connectivity index (χ1v) is 3.80. The van der Waals surface area contributed by atoms with Crippen LogP contribution in [0.3, 0.4) is 0 Å². The van der Waals surface area contributed by atoms with Gasteiger partial charge in [0.25, 0.3) is 0 Å². The number of aromatic nitrogens is 2. The van der Waals surface area contributed by atoms with Crippen molar-refractivity contribution in [3.05, 3.63) is 29.6 Å². The number of carbonyl (C=O) groups excluding carboxylic acids is 1. The molecule has 0 bridgehead atoms. The van der Waals surface area contributed by atoms with E-state index in [0.717, 1.165) is 0 Å². The summed E-state index contributed by atoms with van der Waals surface area (Å²) in [5.41, 5.74) is 0.0304. The maximum Gasteiger partial charge on any atom is 0.400 e. The van der Waals surface area contributed by atoms with Gasteiger partial charge in [0.1, 0.15) is 0 Å². The molecular formula is C8H8F2N2O2. The molecule has 4 nitrogen and oxygen atoms in total. The third kappa shape index (κ3) is 1.63. The predicted octanol–water partition coefficient (Wildman–Crippen LogP) is 1.69. The highest BCUT2D eigenvalue weighted by Gasteiger charge is 2.21. The summed E-state index contributed by atoms with van der Waals surface area (Å²) in [6.07, 6.45) is 1.68. The van der Waals surface area contributed by atoms with E-state index in [4.69, 9.17) is 0 Å². The second-order valence-corrected chi connectivity index (χ2v) is 2.63. The molecule has 0 saturated heterocycles. The van der Waals surface area contributed by atoms with Crippen LogP contribution in [0.5, 0.6) is 0 Å². The first-order chi connectivity index (χ1) is 6.61. The van der Waals surface area contributed by atoms with Gasteiger partial charge >= 0.3 is 5.97 Å². The van der Waals surface area contributed by atoms with Gasteiger partial charge in [0, 0.05) is 10.1 Å². The Bertz CT molecular complexity index is 374. The molecule has 76 valence electrons. The number of halogens is 2. The monoisotopic (exact) mass is 202 g/mol. The van der Waals surface area contributed by atoms with E-state index in [-0.39, 0.29) is 28.3 Å². The normalized spacial score (nSPS) is 9.93. The molecule has 0 spiro atoms. The van der Waals surface area contributed by atoms with E-state index in [1.807, 2.05) is 0 Å². The lowest BCUT2D eigenvalue weighted by Crippen LogP contribution is -2.03. The maximum atomic E-state index is 12.9. The van der Waals surface area contributed by atoms with Gasteiger partial charge in [0.15, 0.2) is 5.69 Å². The Morgan fingerprint density at radius 2 is 2.43 bits per heavy atom.